The van der Waals surface area contributed by atoms with Gasteiger partial charge in [-0.3, -0.25) is 14.4 Å². The summed E-state index contributed by atoms with van der Waals surface area (Å²) in [5.74, 6) is -0.0218. The largest absolute Gasteiger partial charge is 0.492 e. The number of hydrogen-bond donors (Lipinski definition) is 3. The van der Waals surface area contributed by atoms with Crippen molar-refractivity contribution >= 4 is 40.9 Å². The van der Waals surface area contributed by atoms with Gasteiger partial charge in [0.2, 0.25) is 17.7 Å². The van der Waals surface area contributed by atoms with Crippen LogP contribution in [0, 0.1) is 5.92 Å². The van der Waals surface area contributed by atoms with Crippen LogP contribution in [0.1, 0.15) is 59.9 Å². The normalized spacial score (nSPS) is 17.4. The fourth-order valence-corrected chi connectivity index (χ4v) is 3.51. The number of allylic oxidation sites excluding steroid dienone is 4. The lowest BCUT2D eigenvalue weighted by molar-refractivity contribution is -0.137. The average Bonchev–Trinajstić information content (AvgIpc) is 2.99. The Labute approximate surface area is 263 Å². The lowest BCUT2D eigenvalue weighted by Crippen LogP contribution is -2.52. The summed E-state index contributed by atoms with van der Waals surface area (Å²) in [7, 11) is 1.59. The third-order valence-electron chi connectivity index (χ3n) is 5.94. The molecule has 238 valence electrons. The van der Waals surface area contributed by atoms with E-state index in [1.165, 1.54) is 11.0 Å². The van der Waals surface area contributed by atoms with Crippen LogP contribution in [0.4, 0.5) is 0 Å². The molecular weight excluding hydrogens is 575 g/mol. The summed E-state index contributed by atoms with van der Waals surface area (Å²) in [5.41, 5.74) is 1.00. The van der Waals surface area contributed by atoms with E-state index in [0.29, 0.717) is 41.9 Å². The molecule has 3 N–H and O–H groups in total. The number of nitrogens with zero attached hydrogens (tertiary/aromatic N) is 1. The van der Waals surface area contributed by atoms with Crippen molar-refractivity contribution in [3.8, 4) is 5.75 Å². The fraction of sp³-hybridized carbons (Fsp3) is 0.531. The number of rotatable bonds is 3. The van der Waals surface area contributed by atoms with Crippen molar-refractivity contribution in [1.29, 1.82) is 0 Å². The molecule has 0 bridgehead atoms. The van der Waals surface area contributed by atoms with Crippen LogP contribution in [0.15, 0.2) is 54.6 Å². The topological polar surface area (TPSA) is 99.8 Å². The van der Waals surface area contributed by atoms with E-state index in [1.54, 1.807) is 13.1 Å². The number of ether oxygens (including phenoxy) is 1. The fourth-order valence-electron chi connectivity index (χ4n) is 3.35. The highest BCUT2D eigenvalue weighted by Crippen LogP contribution is 2.24. The molecule has 2 rings (SSSR count). The van der Waals surface area contributed by atoms with E-state index in [4.69, 9.17) is 27.9 Å². The third kappa shape index (κ3) is 19.3. The Hall–Kier alpha value is -2.81. The van der Waals surface area contributed by atoms with Crippen molar-refractivity contribution < 1.29 is 19.1 Å². The van der Waals surface area contributed by atoms with E-state index < -0.39 is 6.04 Å². The number of carbonyl (C=O) groups excluding carboxylic acids is 3. The number of carbonyl (C=O) groups is 3. The second-order valence-corrected chi connectivity index (χ2v) is 10.1. The smallest absolute Gasteiger partial charge is 0.240 e. The maximum atomic E-state index is 12.9. The number of aryl methyl sites for hydroxylation is 1. The maximum absolute atomic E-state index is 12.9. The van der Waals surface area contributed by atoms with Crippen LogP contribution in [0.25, 0.3) is 0 Å². The van der Waals surface area contributed by atoms with Crippen molar-refractivity contribution in [3.05, 3.63) is 65.2 Å². The van der Waals surface area contributed by atoms with Gasteiger partial charge >= 0.3 is 0 Å². The summed E-state index contributed by atoms with van der Waals surface area (Å²) >= 11 is 11.3. The SMILES string of the molecule is C/C=C/C.C=CC(=C)Cl.CC.CCC(C)C1NCCOc2cc(Cl)ccc2CCCNC(=O)CNC(=O)CN(C)C1=O. The molecule has 0 aliphatic carbocycles. The number of halogens is 2. The molecule has 2 atom stereocenters. The predicted molar refractivity (Wildman–Crippen MR) is 177 cm³/mol. The first-order valence-corrected chi connectivity index (χ1v) is 15.2. The summed E-state index contributed by atoms with van der Waals surface area (Å²) in [6, 6.07) is 5.09. The number of benzene rings is 1. The molecule has 2 unspecified atom stereocenters. The molecule has 0 saturated heterocycles. The Balaban J connectivity index is 0. The van der Waals surface area contributed by atoms with Crippen molar-refractivity contribution in [2.75, 3.05) is 39.8 Å². The first kappa shape index (κ1) is 41.3. The lowest BCUT2D eigenvalue weighted by Gasteiger charge is -2.28. The molecule has 3 amide bonds. The summed E-state index contributed by atoms with van der Waals surface area (Å²) in [4.78, 5) is 38.5. The summed E-state index contributed by atoms with van der Waals surface area (Å²) in [6.07, 6.45) is 7.74. The number of hydrogen-bond acceptors (Lipinski definition) is 5. The van der Waals surface area contributed by atoms with Gasteiger partial charge in [0.1, 0.15) is 12.4 Å². The summed E-state index contributed by atoms with van der Waals surface area (Å²) < 4.78 is 5.95. The molecule has 8 nitrogen and oxygen atoms in total. The van der Waals surface area contributed by atoms with Crippen LogP contribution < -0.4 is 20.7 Å². The van der Waals surface area contributed by atoms with E-state index in [2.05, 4.69) is 29.1 Å². The van der Waals surface area contributed by atoms with E-state index in [1.807, 2.05) is 65.8 Å². The zero-order valence-electron chi connectivity index (χ0n) is 26.5. The molecule has 1 aromatic carbocycles. The van der Waals surface area contributed by atoms with E-state index in [-0.39, 0.29) is 36.7 Å². The first-order chi connectivity index (χ1) is 20.0. The minimum absolute atomic E-state index is 0.0797. The van der Waals surface area contributed by atoms with Crippen molar-refractivity contribution in [2.45, 2.75) is 66.8 Å². The van der Waals surface area contributed by atoms with Crippen LogP contribution in [-0.2, 0) is 20.8 Å². The van der Waals surface area contributed by atoms with Gasteiger partial charge in [-0.2, -0.15) is 0 Å². The number of fused-ring (bicyclic) bond motifs is 1. The van der Waals surface area contributed by atoms with Crippen molar-refractivity contribution in [3.63, 3.8) is 0 Å². The van der Waals surface area contributed by atoms with E-state index in [9.17, 15) is 14.4 Å². The van der Waals surface area contributed by atoms with Crippen LogP contribution in [0.2, 0.25) is 5.02 Å². The minimum atomic E-state index is -0.438. The van der Waals surface area contributed by atoms with Gasteiger partial charge in [0.05, 0.1) is 19.1 Å². The molecule has 0 radical (unpaired) electrons. The average molecular weight is 628 g/mol. The predicted octanol–water partition coefficient (Wildman–Crippen LogP) is 5.89. The van der Waals surface area contributed by atoms with Gasteiger partial charge in [-0.1, -0.05) is 94.8 Å². The van der Waals surface area contributed by atoms with Gasteiger partial charge in [-0.05, 0) is 50.3 Å². The van der Waals surface area contributed by atoms with Gasteiger partial charge in [0, 0.05) is 30.2 Å². The van der Waals surface area contributed by atoms with Gasteiger partial charge in [-0.25, -0.2) is 0 Å². The maximum Gasteiger partial charge on any atom is 0.240 e. The Bertz CT molecular complexity index is 981. The second-order valence-electron chi connectivity index (χ2n) is 9.16. The summed E-state index contributed by atoms with van der Waals surface area (Å²) in [5, 5.41) is 9.71. The van der Waals surface area contributed by atoms with Crippen LogP contribution in [-0.4, -0.2) is 68.5 Å². The zero-order valence-corrected chi connectivity index (χ0v) is 28.0. The zero-order chi connectivity index (χ0) is 32.5. The van der Waals surface area contributed by atoms with E-state index in [0.717, 1.165) is 18.4 Å². The first-order valence-electron chi connectivity index (χ1n) is 14.5. The second kappa shape index (κ2) is 25.9. The van der Waals surface area contributed by atoms with Crippen molar-refractivity contribution in [2.24, 2.45) is 5.92 Å². The van der Waals surface area contributed by atoms with Gasteiger partial charge in [0.25, 0.3) is 0 Å². The molecule has 42 heavy (non-hydrogen) atoms. The van der Waals surface area contributed by atoms with Crippen molar-refractivity contribution in [1.82, 2.24) is 20.9 Å². The molecule has 1 heterocycles. The molecule has 0 fully saturated rings. The molecule has 0 saturated carbocycles. The monoisotopic (exact) mass is 626 g/mol. The molecule has 1 aliphatic heterocycles. The van der Waals surface area contributed by atoms with Crippen LogP contribution in [0.3, 0.4) is 0 Å². The van der Waals surface area contributed by atoms with Crippen LogP contribution in [0.5, 0.6) is 5.75 Å². The van der Waals surface area contributed by atoms with Gasteiger partial charge in [0.15, 0.2) is 0 Å². The highest BCUT2D eigenvalue weighted by molar-refractivity contribution is 6.31. The Morgan fingerprint density at radius 1 is 1.14 bits per heavy atom. The molecule has 0 spiro atoms. The van der Waals surface area contributed by atoms with Crippen LogP contribution >= 0.6 is 23.2 Å². The number of amides is 3. The van der Waals surface area contributed by atoms with E-state index >= 15 is 0 Å². The van der Waals surface area contributed by atoms with Gasteiger partial charge in [-0.15, -0.1) is 0 Å². The quantitative estimate of drug-likeness (QED) is 0.287. The number of nitrogens with one attached hydrogen (secondary N) is 3. The molecule has 10 heteroatoms. The highest BCUT2D eigenvalue weighted by Gasteiger charge is 2.27. The lowest BCUT2D eigenvalue weighted by atomic mass is 9.98. The van der Waals surface area contributed by atoms with Gasteiger partial charge < -0.3 is 25.6 Å². The number of likely N-dealkylation sites (N-methyl/N-ethyl adjacent to an activating group) is 1. The summed E-state index contributed by atoms with van der Waals surface area (Å²) in [6.45, 7) is 19.8. The Kier molecular flexibility index (Phi) is 25.5. The Morgan fingerprint density at radius 2 is 1.76 bits per heavy atom. The standard InChI is InChI=1S/C22H33ClN4O4.C4H5Cl.C4H8.C2H6/c1-4-15(2)21-22(30)27(3)14-20(29)26-13-19(28)24-9-5-6-16-7-8-17(23)12-18(16)31-11-10-25-21;1-3-4(2)5;1-3-4-2;1-2/h7-8,12,15,21,25H,4-6,9-11,13-14H2,1-3H3,(H,24,28)(H,26,29);3H,1-2H2;3-4H,1-2H3;1-2H3/b;;4-3+;. The third-order valence-corrected chi connectivity index (χ3v) is 6.32. The molecule has 0 aromatic heterocycles. The molecule has 1 aromatic rings. The Morgan fingerprint density at radius 3 is 2.31 bits per heavy atom. The molecule has 1 aliphatic rings. The highest BCUT2D eigenvalue weighted by atomic mass is 35.5. The molecular formula is C32H52Cl2N4O4. The minimum Gasteiger partial charge on any atom is -0.492 e.